The summed E-state index contributed by atoms with van der Waals surface area (Å²) in [6.07, 6.45) is -1.09. The molecule has 1 aromatic rings. The first kappa shape index (κ1) is 23.2. The van der Waals surface area contributed by atoms with E-state index in [9.17, 15) is 34.8 Å². The number of fused-ring (bicyclic) bond motifs is 3. The van der Waals surface area contributed by atoms with Crippen molar-refractivity contribution < 1.29 is 34.8 Å². The maximum absolute atomic E-state index is 13.5. The molecule has 0 heterocycles. The molecule has 10 heteroatoms. The number of nitrogens with zero attached hydrogens (tertiary/aromatic N) is 1. The quantitative estimate of drug-likeness (QED) is 0.260. The Morgan fingerprint density at radius 3 is 2.45 bits per heavy atom. The fourth-order valence-electron chi connectivity index (χ4n) is 6.05. The molecular formula is C23H29N3O7. The molecule has 2 unspecified atom stereocenters. The third-order valence-corrected chi connectivity index (χ3v) is 7.59. The molecule has 7 N–H and O–H groups in total. The van der Waals surface area contributed by atoms with Gasteiger partial charge in [0.05, 0.1) is 17.4 Å². The van der Waals surface area contributed by atoms with Crippen molar-refractivity contribution in [2.24, 2.45) is 23.5 Å². The molecule has 1 amide bonds. The van der Waals surface area contributed by atoms with Gasteiger partial charge < -0.3 is 36.4 Å². The number of aryl methyl sites for hydroxylation is 1. The number of amides is 1. The van der Waals surface area contributed by atoms with E-state index in [1.165, 1.54) is 0 Å². The van der Waals surface area contributed by atoms with Crippen LogP contribution in [-0.4, -0.2) is 81.7 Å². The Morgan fingerprint density at radius 1 is 1.27 bits per heavy atom. The molecule has 1 fully saturated rings. The van der Waals surface area contributed by atoms with Crippen LogP contribution in [0.3, 0.4) is 0 Å². The van der Waals surface area contributed by atoms with Crippen LogP contribution in [0.2, 0.25) is 0 Å². The van der Waals surface area contributed by atoms with Gasteiger partial charge in [0, 0.05) is 24.6 Å². The number of nitrogens with two attached hydrogens (primary N) is 1. The number of Topliss-reactive ketones (excluding diaryl/α,β-unsaturated/α-hetero) is 2. The number of benzene rings is 1. The van der Waals surface area contributed by atoms with Crippen LogP contribution in [0.5, 0.6) is 5.75 Å². The molecule has 3 aliphatic rings. The first-order valence-electron chi connectivity index (χ1n) is 10.8. The molecule has 0 radical (unpaired) electrons. The van der Waals surface area contributed by atoms with Crippen LogP contribution >= 0.6 is 0 Å². The molecular weight excluding hydrogens is 430 g/mol. The number of allylic oxidation sites excluding steroid dienone is 1. The number of hydrogen-bond acceptors (Lipinski definition) is 9. The molecule has 10 nitrogen and oxygen atoms in total. The SMILES string of the molecule is CNc1cc(C)c2c(c1O)C(=O)C1=C(O)[C@]3(O)C(=O)C(C(N)=O)C(O)[C@@H](N(C)C)[C@@H]3C[C@@H]1C2. The van der Waals surface area contributed by atoms with Crippen molar-refractivity contribution in [1.29, 1.82) is 0 Å². The van der Waals surface area contributed by atoms with Crippen molar-refractivity contribution in [2.45, 2.75) is 37.5 Å². The Balaban J connectivity index is 1.95. The van der Waals surface area contributed by atoms with Crippen LogP contribution < -0.4 is 11.1 Å². The van der Waals surface area contributed by atoms with Crippen molar-refractivity contribution >= 4 is 23.2 Å². The van der Waals surface area contributed by atoms with Crippen molar-refractivity contribution in [3.05, 3.63) is 34.1 Å². The van der Waals surface area contributed by atoms with Gasteiger partial charge in [-0.15, -0.1) is 0 Å². The first-order valence-corrected chi connectivity index (χ1v) is 10.8. The third-order valence-electron chi connectivity index (χ3n) is 7.59. The van der Waals surface area contributed by atoms with Gasteiger partial charge in [-0.2, -0.15) is 0 Å². The molecule has 33 heavy (non-hydrogen) atoms. The van der Waals surface area contributed by atoms with Crippen LogP contribution in [0.4, 0.5) is 5.69 Å². The summed E-state index contributed by atoms with van der Waals surface area (Å²) in [5, 5.41) is 47.2. The van der Waals surface area contributed by atoms with Gasteiger partial charge in [0.2, 0.25) is 5.91 Å². The van der Waals surface area contributed by atoms with Crippen molar-refractivity contribution in [1.82, 2.24) is 4.90 Å². The van der Waals surface area contributed by atoms with Crippen LogP contribution in [0.15, 0.2) is 17.4 Å². The Bertz CT molecular complexity index is 1110. The molecule has 1 aromatic carbocycles. The summed E-state index contributed by atoms with van der Waals surface area (Å²) < 4.78 is 0. The number of hydrogen-bond donors (Lipinski definition) is 6. The monoisotopic (exact) mass is 459 g/mol. The largest absolute Gasteiger partial charge is 0.508 e. The highest BCUT2D eigenvalue weighted by atomic mass is 16.3. The molecule has 0 saturated heterocycles. The van der Waals surface area contributed by atoms with E-state index in [0.717, 1.165) is 5.56 Å². The van der Waals surface area contributed by atoms with Crippen LogP contribution in [0.1, 0.15) is 27.9 Å². The summed E-state index contributed by atoms with van der Waals surface area (Å²) in [6, 6.07) is 0.843. The number of aliphatic hydroxyl groups excluding tert-OH is 2. The van der Waals surface area contributed by atoms with Gasteiger partial charge in [-0.05, 0) is 57.0 Å². The second-order valence-electron chi connectivity index (χ2n) is 9.48. The Morgan fingerprint density at radius 2 is 1.91 bits per heavy atom. The number of ketones is 2. The zero-order chi connectivity index (χ0) is 24.6. The average Bonchev–Trinajstić information content (AvgIpc) is 2.72. The number of anilines is 1. The van der Waals surface area contributed by atoms with Gasteiger partial charge in [-0.25, -0.2) is 0 Å². The highest BCUT2D eigenvalue weighted by Crippen LogP contribution is 2.53. The number of likely N-dealkylation sites (N-methyl/N-ethyl adjacent to an activating group) is 1. The lowest BCUT2D eigenvalue weighted by Gasteiger charge is -2.53. The zero-order valence-electron chi connectivity index (χ0n) is 18.9. The molecule has 178 valence electrons. The van der Waals surface area contributed by atoms with E-state index in [-0.39, 0.29) is 23.3 Å². The van der Waals surface area contributed by atoms with E-state index in [0.29, 0.717) is 17.7 Å². The van der Waals surface area contributed by atoms with Crippen LogP contribution in [-0.2, 0) is 16.0 Å². The second-order valence-corrected chi connectivity index (χ2v) is 9.48. The predicted octanol–water partition coefficient (Wildman–Crippen LogP) is -0.364. The maximum atomic E-state index is 13.5. The highest BCUT2D eigenvalue weighted by molar-refractivity contribution is 6.16. The standard InChI is InChI=1S/C23H29N3O7/c1-8-5-12(25-2)17(27)14-10(8)6-9-7-11-16(26(3)4)19(29)15(22(24)32)21(31)23(11,33)20(30)13(9)18(14)28/h5,9,11,15-16,19,25,27,29-30,33H,6-7H2,1-4H3,(H2,24,32)/t9-,11-,15?,16-,19?,23-/m0/s1. The van der Waals surface area contributed by atoms with Crippen molar-refractivity contribution in [3.63, 3.8) is 0 Å². The lowest BCUT2D eigenvalue weighted by molar-refractivity contribution is -0.178. The Hall–Kier alpha value is -2.95. The first-order chi connectivity index (χ1) is 15.4. The summed E-state index contributed by atoms with van der Waals surface area (Å²) in [4.78, 5) is 40.4. The number of aliphatic hydroxyl groups is 3. The van der Waals surface area contributed by atoms with Gasteiger partial charge in [-0.1, -0.05) is 0 Å². The minimum atomic E-state index is -2.57. The summed E-state index contributed by atoms with van der Waals surface area (Å²) in [6.45, 7) is 1.81. The number of phenols is 1. The Kier molecular flexibility index (Phi) is 5.31. The van der Waals surface area contributed by atoms with Gasteiger partial charge in [-0.3, -0.25) is 14.4 Å². The molecule has 0 bridgehead atoms. The van der Waals surface area contributed by atoms with E-state index in [4.69, 9.17) is 5.73 Å². The third kappa shape index (κ3) is 2.94. The van der Waals surface area contributed by atoms with Crippen LogP contribution in [0, 0.1) is 24.7 Å². The fourth-order valence-corrected chi connectivity index (χ4v) is 6.05. The summed E-state index contributed by atoms with van der Waals surface area (Å²) in [5.74, 6) is -7.34. The highest BCUT2D eigenvalue weighted by Gasteiger charge is 2.66. The molecule has 6 atom stereocenters. The van der Waals surface area contributed by atoms with E-state index in [2.05, 4.69) is 5.32 Å². The van der Waals surface area contributed by atoms with E-state index < -0.39 is 58.7 Å². The number of carbonyl (C=O) groups is 3. The normalized spacial score (nSPS) is 33.5. The number of carbonyl (C=O) groups excluding carboxylic acids is 3. The number of primary amides is 1. The summed E-state index contributed by atoms with van der Waals surface area (Å²) in [5.41, 5.74) is 4.40. The molecule has 0 spiro atoms. The molecule has 1 saturated carbocycles. The van der Waals surface area contributed by atoms with Gasteiger partial charge in [0.25, 0.3) is 0 Å². The molecule has 4 rings (SSSR count). The van der Waals surface area contributed by atoms with E-state index >= 15 is 0 Å². The van der Waals surface area contributed by atoms with E-state index in [1.54, 1.807) is 32.1 Å². The molecule has 0 aliphatic heterocycles. The van der Waals surface area contributed by atoms with Gasteiger partial charge in [0.15, 0.2) is 17.2 Å². The van der Waals surface area contributed by atoms with Gasteiger partial charge >= 0.3 is 0 Å². The van der Waals surface area contributed by atoms with E-state index in [1.807, 2.05) is 6.92 Å². The van der Waals surface area contributed by atoms with Crippen molar-refractivity contribution in [3.8, 4) is 5.75 Å². The number of phenolic OH excluding ortho intramolecular Hbond substituents is 1. The lowest BCUT2D eigenvalue weighted by atomic mass is 9.56. The molecule has 0 aromatic heterocycles. The summed E-state index contributed by atoms with van der Waals surface area (Å²) >= 11 is 0. The maximum Gasteiger partial charge on any atom is 0.230 e. The molecule has 3 aliphatic carbocycles. The Labute approximate surface area is 190 Å². The average molecular weight is 459 g/mol. The number of rotatable bonds is 3. The topological polar surface area (TPSA) is 173 Å². The van der Waals surface area contributed by atoms with Crippen LogP contribution in [0.25, 0.3) is 0 Å². The van der Waals surface area contributed by atoms with Crippen molar-refractivity contribution in [2.75, 3.05) is 26.5 Å². The lowest BCUT2D eigenvalue weighted by Crippen LogP contribution is -2.71. The minimum absolute atomic E-state index is 0.0121. The number of aromatic hydroxyl groups is 1. The second kappa shape index (κ2) is 7.54. The predicted molar refractivity (Wildman–Crippen MR) is 118 cm³/mol. The number of nitrogens with one attached hydrogen (secondary N) is 1. The minimum Gasteiger partial charge on any atom is -0.508 e. The zero-order valence-corrected chi connectivity index (χ0v) is 18.9. The fraction of sp³-hybridized carbons (Fsp3) is 0.522. The smallest absolute Gasteiger partial charge is 0.230 e. The van der Waals surface area contributed by atoms with Gasteiger partial charge in [0.1, 0.15) is 17.4 Å². The summed E-state index contributed by atoms with van der Waals surface area (Å²) in [7, 11) is 4.85.